The van der Waals surface area contributed by atoms with Gasteiger partial charge in [-0.3, -0.25) is 4.99 Å². The summed E-state index contributed by atoms with van der Waals surface area (Å²) in [6, 6.07) is 0. The second-order valence-electron chi connectivity index (χ2n) is 2.23. The van der Waals surface area contributed by atoms with Crippen molar-refractivity contribution in [1.82, 2.24) is 4.90 Å². The highest BCUT2D eigenvalue weighted by atomic mass is 15.2. The zero-order valence-electron chi connectivity index (χ0n) is 5.51. The topological polar surface area (TPSA) is 15.6 Å². The van der Waals surface area contributed by atoms with Gasteiger partial charge in [-0.15, -0.1) is 0 Å². The standard InChI is InChI=1S/C8H8N2/c1-2-6-10-7-3-5-9-8(10)4-1/h1-8H. The number of rotatable bonds is 0. The maximum Gasteiger partial charge on any atom is 0.143 e. The number of hydrogen-bond acceptors (Lipinski definition) is 2. The molecule has 2 aliphatic heterocycles. The molecule has 0 spiro atoms. The van der Waals surface area contributed by atoms with Crippen molar-refractivity contribution >= 4 is 6.21 Å². The van der Waals surface area contributed by atoms with Crippen molar-refractivity contribution in [2.24, 2.45) is 4.99 Å². The van der Waals surface area contributed by atoms with E-state index in [1.54, 1.807) is 0 Å². The smallest absolute Gasteiger partial charge is 0.143 e. The minimum Gasteiger partial charge on any atom is -0.329 e. The minimum atomic E-state index is 0.204. The third-order valence-corrected chi connectivity index (χ3v) is 1.54. The molecule has 0 aromatic rings. The molecular formula is C8H8N2. The van der Waals surface area contributed by atoms with Gasteiger partial charge in [0.2, 0.25) is 0 Å². The van der Waals surface area contributed by atoms with E-state index in [0.717, 1.165) is 0 Å². The SMILES string of the molecule is C1=CC2N=CC=CN2C=C1. The van der Waals surface area contributed by atoms with E-state index in [-0.39, 0.29) is 6.17 Å². The molecule has 0 aromatic heterocycles. The molecule has 0 saturated carbocycles. The minimum absolute atomic E-state index is 0.204. The number of allylic oxidation sites excluding steroid dienone is 3. The molecule has 2 nitrogen and oxygen atoms in total. The Labute approximate surface area is 59.9 Å². The van der Waals surface area contributed by atoms with Crippen molar-refractivity contribution in [2.75, 3.05) is 0 Å². The first-order valence-electron chi connectivity index (χ1n) is 3.29. The normalized spacial score (nSPS) is 27.2. The van der Waals surface area contributed by atoms with Gasteiger partial charge in [0.15, 0.2) is 0 Å². The molecule has 0 aromatic carbocycles. The maximum absolute atomic E-state index is 4.23. The quantitative estimate of drug-likeness (QED) is 0.485. The maximum atomic E-state index is 4.23. The summed E-state index contributed by atoms with van der Waals surface area (Å²) in [5.41, 5.74) is 0. The van der Waals surface area contributed by atoms with Crippen molar-refractivity contribution in [3.8, 4) is 0 Å². The van der Waals surface area contributed by atoms with Crippen molar-refractivity contribution in [2.45, 2.75) is 6.17 Å². The molecule has 0 bridgehead atoms. The molecule has 10 heavy (non-hydrogen) atoms. The number of aliphatic imine (C=N–C) groups is 1. The largest absolute Gasteiger partial charge is 0.329 e. The lowest BCUT2D eigenvalue weighted by atomic mass is 10.3. The Morgan fingerprint density at radius 2 is 2.00 bits per heavy atom. The van der Waals surface area contributed by atoms with Crippen LogP contribution in [0.25, 0.3) is 0 Å². The first kappa shape index (κ1) is 5.47. The Morgan fingerprint density at radius 1 is 1.10 bits per heavy atom. The first-order valence-corrected chi connectivity index (χ1v) is 3.29. The summed E-state index contributed by atoms with van der Waals surface area (Å²) < 4.78 is 0. The fourth-order valence-corrected chi connectivity index (χ4v) is 1.04. The van der Waals surface area contributed by atoms with Crippen LogP contribution < -0.4 is 0 Å². The molecule has 1 atom stereocenters. The van der Waals surface area contributed by atoms with Crippen LogP contribution in [0.1, 0.15) is 0 Å². The van der Waals surface area contributed by atoms with Crippen molar-refractivity contribution in [3.63, 3.8) is 0 Å². The number of fused-ring (bicyclic) bond motifs is 1. The Bertz CT molecular complexity index is 186. The summed E-state index contributed by atoms with van der Waals surface area (Å²) in [7, 11) is 0. The first-order chi connectivity index (χ1) is 4.97. The third-order valence-electron chi connectivity index (χ3n) is 1.54. The van der Waals surface area contributed by atoms with Crippen LogP contribution in [0, 0.1) is 0 Å². The molecule has 1 unspecified atom stereocenters. The average molecular weight is 132 g/mol. The van der Waals surface area contributed by atoms with E-state index in [1.807, 2.05) is 36.8 Å². The van der Waals surface area contributed by atoms with Crippen LogP contribution in [0.2, 0.25) is 0 Å². The van der Waals surface area contributed by atoms with Crippen LogP contribution in [-0.4, -0.2) is 17.3 Å². The molecule has 0 fully saturated rings. The summed E-state index contributed by atoms with van der Waals surface area (Å²) >= 11 is 0. The molecule has 2 heterocycles. The van der Waals surface area contributed by atoms with Crippen LogP contribution in [0.15, 0.2) is 41.7 Å². The fraction of sp³-hybridized carbons (Fsp3) is 0.125. The van der Waals surface area contributed by atoms with E-state index in [4.69, 9.17) is 0 Å². The van der Waals surface area contributed by atoms with E-state index >= 15 is 0 Å². The van der Waals surface area contributed by atoms with Crippen LogP contribution in [0.4, 0.5) is 0 Å². The molecule has 0 saturated heterocycles. The van der Waals surface area contributed by atoms with Crippen LogP contribution >= 0.6 is 0 Å². The highest BCUT2D eigenvalue weighted by molar-refractivity contribution is 5.72. The molecule has 2 heteroatoms. The summed E-state index contributed by atoms with van der Waals surface area (Å²) in [4.78, 5) is 6.28. The van der Waals surface area contributed by atoms with E-state index in [2.05, 4.69) is 16.0 Å². The van der Waals surface area contributed by atoms with Crippen molar-refractivity contribution < 1.29 is 0 Å². The lowest BCUT2D eigenvalue weighted by Gasteiger charge is -2.25. The van der Waals surface area contributed by atoms with Gasteiger partial charge >= 0.3 is 0 Å². The Balaban J connectivity index is 2.28. The molecule has 50 valence electrons. The van der Waals surface area contributed by atoms with Gasteiger partial charge in [0.25, 0.3) is 0 Å². The summed E-state index contributed by atoms with van der Waals surface area (Å²) in [5.74, 6) is 0. The highest BCUT2D eigenvalue weighted by Crippen LogP contribution is 2.11. The molecule has 2 rings (SSSR count). The van der Waals surface area contributed by atoms with E-state index in [0.29, 0.717) is 0 Å². The van der Waals surface area contributed by atoms with E-state index in [9.17, 15) is 0 Å². The Kier molecular flexibility index (Phi) is 1.17. The van der Waals surface area contributed by atoms with Gasteiger partial charge in [-0.25, -0.2) is 0 Å². The summed E-state index contributed by atoms with van der Waals surface area (Å²) in [5, 5.41) is 0. The predicted octanol–water partition coefficient (Wildman–Crippen LogP) is 1.30. The fourth-order valence-electron chi connectivity index (χ4n) is 1.04. The van der Waals surface area contributed by atoms with Crippen molar-refractivity contribution in [3.05, 3.63) is 36.7 Å². The predicted molar refractivity (Wildman–Crippen MR) is 41.5 cm³/mol. The van der Waals surface area contributed by atoms with Crippen LogP contribution in [-0.2, 0) is 0 Å². The molecule has 0 radical (unpaired) electrons. The summed E-state index contributed by atoms with van der Waals surface area (Å²) in [6.07, 6.45) is 14.1. The van der Waals surface area contributed by atoms with E-state index in [1.165, 1.54) is 0 Å². The van der Waals surface area contributed by atoms with Gasteiger partial charge in [-0.05, 0) is 18.2 Å². The Hall–Kier alpha value is -1.31. The molecule has 0 N–H and O–H groups in total. The van der Waals surface area contributed by atoms with Crippen LogP contribution in [0.5, 0.6) is 0 Å². The lowest BCUT2D eigenvalue weighted by molar-refractivity contribution is 0.430. The third kappa shape index (κ3) is 0.778. The molecule has 2 aliphatic rings. The molecule has 0 amide bonds. The Morgan fingerprint density at radius 3 is 2.90 bits per heavy atom. The van der Waals surface area contributed by atoms with Gasteiger partial charge in [-0.2, -0.15) is 0 Å². The zero-order chi connectivity index (χ0) is 6.81. The van der Waals surface area contributed by atoms with Gasteiger partial charge < -0.3 is 4.90 Å². The lowest BCUT2D eigenvalue weighted by Crippen LogP contribution is -2.25. The van der Waals surface area contributed by atoms with Gasteiger partial charge in [-0.1, -0.05) is 6.08 Å². The van der Waals surface area contributed by atoms with Gasteiger partial charge in [0, 0.05) is 18.6 Å². The monoisotopic (exact) mass is 132 g/mol. The number of nitrogens with zero attached hydrogens (tertiary/aromatic N) is 2. The summed E-state index contributed by atoms with van der Waals surface area (Å²) in [6.45, 7) is 0. The average Bonchev–Trinajstić information content (AvgIpc) is 2.05. The second kappa shape index (κ2) is 2.14. The second-order valence-corrected chi connectivity index (χ2v) is 2.23. The van der Waals surface area contributed by atoms with Crippen LogP contribution in [0.3, 0.4) is 0 Å². The number of hydrogen-bond donors (Lipinski definition) is 0. The van der Waals surface area contributed by atoms with Crippen molar-refractivity contribution in [1.29, 1.82) is 0 Å². The highest BCUT2D eigenvalue weighted by Gasteiger charge is 2.10. The van der Waals surface area contributed by atoms with Gasteiger partial charge in [0.1, 0.15) is 6.17 Å². The van der Waals surface area contributed by atoms with E-state index < -0.39 is 0 Å². The molecular weight excluding hydrogens is 124 g/mol. The molecule has 0 aliphatic carbocycles. The van der Waals surface area contributed by atoms with Gasteiger partial charge in [0.05, 0.1) is 0 Å². The zero-order valence-corrected chi connectivity index (χ0v) is 5.51.